The van der Waals surface area contributed by atoms with Crippen molar-refractivity contribution in [1.82, 2.24) is 29.9 Å². The Labute approximate surface area is 182 Å². The van der Waals surface area contributed by atoms with Gasteiger partial charge >= 0.3 is 0 Å². The first-order chi connectivity index (χ1) is 15.5. The number of pyridine rings is 2. The monoisotopic (exact) mass is 426 g/mol. The predicted molar refractivity (Wildman–Crippen MR) is 116 cm³/mol. The maximum atomic E-state index is 14.7. The van der Waals surface area contributed by atoms with E-state index in [2.05, 4.69) is 29.9 Å². The zero-order chi connectivity index (χ0) is 22.2. The average Bonchev–Trinajstić information content (AvgIpc) is 2.80. The van der Waals surface area contributed by atoms with E-state index in [0.717, 1.165) is 11.6 Å². The van der Waals surface area contributed by atoms with Crippen molar-refractivity contribution < 1.29 is 8.78 Å². The molecule has 0 saturated heterocycles. The molecule has 0 fully saturated rings. The van der Waals surface area contributed by atoms with Crippen LogP contribution in [0.5, 0.6) is 0 Å². The van der Waals surface area contributed by atoms with Crippen LogP contribution in [-0.2, 0) is 0 Å². The van der Waals surface area contributed by atoms with Crippen molar-refractivity contribution in [3.63, 3.8) is 0 Å². The summed E-state index contributed by atoms with van der Waals surface area (Å²) < 4.78 is 28.2. The summed E-state index contributed by atoms with van der Waals surface area (Å²) in [4.78, 5) is 26.7. The number of aromatic nitrogens is 6. The van der Waals surface area contributed by atoms with E-state index in [1.165, 1.54) is 12.1 Å². The number of rotatable bonds is 3. The van der Waals surface area contributed by atoms with Gasteiger partial charge in [0.2, 0.25) is 0 Å². The summed E-state index contributed by atoms with van der Waals surface area (Å²) >= 11 is 0. The molecule has 4 heterocycles. The summed E-state index contributed by atoms with van der Waals surface area (Å²) in [5, 5.41) is 0. The molecule has 5 aromatic rings. The molecule has 8 heteroatoms. The van der Waals surface area contributed by atoms with Crippen molar-refractivity contribution in [2.24, 2.45) is 0 Å². The van der Waals surface area contributed by atoms with Crippen LogP contribution < -0.4 is 0 Å². The van der Waals surface area contributed by atoms with Gasteiger partial charge in [-0.2, -0.15) is 0 Å². The van der Waals surface area contributed by atoms with E-state index in [-0.39, 0.29) is 11.3 Å². The topological polar surface area (TPSA) is 77.3 Å². The number of hydrogen-bond acceptors (Lipinski definition) is 6. The summed E-state index contributed by atoms with van der Waals surface area (Å²) in [6.07, 6.45) is 5.03. The van der Waals surface area contributed by atoms with Gasteiger partial charge in [-0.3, -0.25) is 9.97 Å². The van der Waals surface area contributed by atoms with Crippen LogP contribution in [0.2, 0.25) is 0 Å². The van der Waals surface area contributed by atoms with E-state index in [0.29, 0.717) is 39.6 Å². The summed E-state index contributed by atoms with van der Waals surface area (Å²) in [5.41, 5.74) is 4.73. The summed E-state index contributed by atoms with van der Waals surface area (Å²) in [7, 11) is 0. The second kappa shape index (κ2) is 7.81. The zero-order valence-corrected chi connectivity index (χ0v) is 17.2. The first-order valence-electron chi connectivity index (χ1n) is 9.85. The lowest BCUT2D eigenvalue weighted by molar-refractivity contribution is 0.585. The van der Waals surface area contributed by atoms with E-state index in [4.69, 9.17) is 0 Å². The molecule has 0 N–H and O–H groups in total. The minimum Gasteiger partial charge on any atom is -0.265 e. The molecule has 0 aliphatic rings. The van der Waals surface area contributed by atoms with Crippen molar-refractivity contribution in [3.05, 3.63) is 84.1 Å². The molecule has 6 nitrogen and oxygen atoms in total. The molecule has 156 valence electrons. The molecule has 0 atom stereocenters. The van der Waals surface area contributed by atoms with E-state index < -0.39 is 11.6 Å². The minimum absolute atomic E-state index is 0.126. The van der Waals surface area contributed by atoms with Crippen LogP contribution in [0.1, 0.15) is 11.4 Å². The SMILES string of the molecule is Cc1nc2nc(-c3ccnc(-c4ccncc4)c3)nc(-c3ccc(F)cc3F)c2nc1C. The Morgan fingerprint density at radius 1 is 0.719 bits per heavy atom. The number of halogens is 2. The number of benzene rings is 1. The minimum atomic E-state index is -0.733. The molecule has 0 unspecified atom stereocenters. The second-order valence-corrected chi connectivity index (χ2v) is 7.25. The maximum absolute atomic E-state index is 14.7. The second-order valence-electron chi connectivity index (χ2n) is 7.25. The highest BCUT2D eigenvalue weighted by atomic mass is 19.1. The largest absolute Gasteiger partial charge is 0.265 e. The lowest BCUT2D eigenvalue weighted by Gasteiger charge is -2.11. The van der Waals surface area contributed by atoms with Gasteiger partial charge in [-0.15, -0.1) is 0 Å². The molecule has 4 aromatic heterocycles. The first-order valence-corrected chi connectivity index (χ1v) is 9.85. The molecule has 32 heavy (non-hydrogen) atoms. The van der Waals surface area contributed by atoms with Crippen LogP contribution in [0.25, 0.3) is 45.1 Å². The van der Waals surface area contributed by atoms with Crippen LogP contribution in [0.4, 0.5) is 8.78 Å². The molecule has 0 radical (unpaired) electrons. The Morgan fingerprint density at radius 2 is 1.47 bits per heavy atom. The highest BCUT2D eigenvalue weighted by molar-refractivity contribution is 5.89. The van der Waals surface area contributed by atoms with E-state index in [1.807, 2.05) is 32.0 Å². The van der Waals surface area contributed by atoms with Crippen molar-refractivity contribution >= 4 is 11.2 Å². The molecule has 0 aliphatic heterocycles. The third-order valence-electron chi connectivity index (χ3n) is 5.12. The van der Waals surface area contributed by atoms with Crippen LogP contribution in [0, 0.1) is 25.5 Å². The number of nitrogens with zero attached hydrogens (tertiary/aromatic N) is 6. The number of aryl methyl sites for hydroxylation is 2. The smallest absolute Gasteiger partial charge is 0.182 e. The van der Waals surface area contributed by atoms with Gasteiger partial charge < -0.3 is 0 Å². The van der Waals surface area contributed by atoms with Gasteiger partial charge in [-0.1, -0.05) is 0 Å². The van der Waals surface area contributed by atoms with Crippen LogP contribution in [-0.4, -0.2) is 29.9 Å². The fraction of sp³-hybridized carbons (Fsp3) is 0.0833. The standard InChI is InChI=1S/C24H16F2N6/c1-13-14(2)30-24-22(29-13)21(18-4-3-17(25)12-19(18)26)31-23(32-24)16-7-10-28-20(11-16)15-5-8-27-9-6-15/h3-12H,1-2H3. The zero-order valence-electron chi connectivity index (χ0n) is 17.2. The fourth-order valence-electron chi connectivity index (χ4n) is 3.36. The molecular formula is C24H16F2N6. The van der Waals surface area contributed by atoms with Crippen LogP contribution in [0.3, 0.4) is 0 Å². The highest BCUT2D eigenvalue weighted by Gasteiger charge is 2.18. The Morgan fingerprint density at radius 3 is 2.25 bits per heavy atom. The van der Waals surface area contributed by atoms with Gasteiger partial charge in [0, 0.05) is 41.3 Å². The Balaban J connectivity index is 1.76. The first kappa shape index (κ1) is 19.7. The molecular weight excluding hydrogens is 410 g/mol. The number of hydrogen-bond donors (Lipinski definition) is 0. The average molecular weight is 426 g/mol. The van der Waals surface area contributed by atoms with Crippen molar-refractivity contribution in [2.45, 2.75) is 13.8 Å². The Kier molecular flexibility index (Phi) is 4.82. The summed E-state index contributed by atoms with van der Waals surface area (Å²) in [5.74, 6) is -1.06. The molecule has 0 aliphatic carbocycles. The van der Waals surface area contributed by atoms with Crippen molar-refractivity contribution in [1.29, 1.82) is 0 Å². The molecule has 0 bridgehead atoms. The van der Waals surface area contributed by atoms with E-state index in [1.54, 1.807) is 24.7 Å². The van der Waals surface area contributed by atoms with E-state index >= 15 is 0 Å². The molecule has 1 aromatic carbocycles. The lowest BCUT2D eigenvalue weighted by Crippen LogP contribution is -2.03. The van der Waals surface area contributed by atoms with Crippen molar-refractivity contribution in [2.75, 3.05) is 0 Å². The van der Waals surface area contributed by atoms with Gasteiger partial charge in [0.1, 0.15) is 22.8 Å². The van der Waals surface area contributed by atoms with Gasteiger partial charge in [-0.05, 0) is 50.2 Å². The predicted octanol–water partition coefficient (Wildman–Crippen LogP) is 5.11. The fourth-order valence-corrected chi connectivity index (χ4v) is 3.36. The highest BCUT2D eigenvalue weighted by Crippen LogP contribution is 2.30. The third kappa shape index (κ3) is 3.56. The Bertz CT molecular complexity index is 1470. The van der Waals surface area contributed by atoms with Gasteiger partial charge in [-0.25, -0.2) is 28.7 Å². The van der Waals surface area contributed by atoms with Gasteiger partial charge in [0.15, 0.2) is 11.5 Å². The molecule has 5 rings (SSSR count). The van der Waals surface area contributed by atoms with Gasteiger partial charge in [0.25, 0.3) is 0 Å². The van der Waals surface area contributed by atoms with Crippen molar-refractivity contribution in [3.8, 4) is 33.9 Å². The van der Waals surface area contributed by atoms with Gasteiger partial charge in [0.05, 0.1) is 17.1 Å². The number of fused-ring (bicyclic) bond motifs is 1. The lowest BCUT2D eigenvalue weighted by atomic mass is 10.1. The summed E-state index contributed by atoms with van der Waals surface area (Å²) in [6.45, 7) is 3.64. The van der Waals surface area contributed by atoms with Crippen LogP contribution in [0.15, 0.2) is 61.1 Å². The molecule has 0 amide bonds. The Hall–Kier alpha value is -4.20. The maximum Gasteiger partial charge on any atom is 0.182 e. The molecule has 0 spiro atoms. The summed E-state index contributed by atoms with van der Waals surface area (Å²) in [6, 6.07) is 10.7. The van der Waals surface area contributed by atoms with E-state index in [9.17, 15) is 8.78 Å². The normalized spacial score (nSPS) is 11.1. The third-order valence-corrected chi connectivity index (χ3v) is 5.12. The quantitative estimate of drug-likeness (QED) is 0.399. The molecule has 0 saturated carbocycles. The van der Waals surface area contributed by atoms with Crippen LogP contribution >= 0.6 is 0 Å².